The molecule has 2 aliphatic rings. The number of hydrogen-bond acceptors (Lipinski definition) is 3. The van der Waals surface area contributed by atoms with Gasteiger partial charge < -0.3 is 9.47 Å². The second kappa shape index (κ2) is 4.05. The third-order valence-electron chi connectivity index (χ3n) is 3.95. The molecule has 2 heterocycles. The van der Waals surface area contributed by atoms with Crippen LogP contribution in [0.5, 0.6) is 5.75 Å². The maximum atomic E-state index is 13.3. The Morgan fingerprint density at radius 1 is 1.44 bits per heavy atom. The van der Waals surface area contributed by atoms with E-state index in [1.807, 2.05) is 6.92 Å². The van der Waals surface area contributed by atoms with E-state index in [2.05, 4.69) is 0 Å². The van der Waals surface area contributed by atoms with Crippen LogP contribution in [-0.2, 0) is 4.74 Å². The number of Topliss-reactive ketones (excluding diaryl/α,β-unsaturated/α-hetero) is 1. The van der Waals surface area contributed by atoms with Crippen molar-refractivity contribution < 1.29 is 18.7 Å². The maximum absolute atomic E-state index is 13.3. The average Bonchev–Trinajstić information content (AvgIpc) is 2.32. The van der Waals surface area contributed by atoms with E-state index in [0.29, 0.717) is 37.4 Å². The van der Waals surface area contributed by atoms with E-state index >= 15 is 0 Å². The van der Waals surface area contributed by atoms with E-state index in [-0.39, 0.29) is 17.5 Å². The number of ketones is 1. The molecule has 0 aromatic heterocycles. The molecule has 18 heavy (non-hydrogen) atoms. The first-order valence-electron chi connectivity index (χ1n) is 6.20. The summed E-state index contributed by atoms with van der Waals surface area (Å²) in [6.07, 6.45) is 1.03. The van der Waals surface area contributed by atoms with E-state index in [4.69, 9.17) is 9.47 Å². The van der Waals surface area contributed by atoms with Crippen LogP contribution in [0.25, 0.3) is 0 Å². The summed E-state index contributed by atoms with van der Waals surface area (Å²) >= 11 is 0. The SMILES string of the molecule is CC1COCCC12CC(=O)c1ccc(F)cc1O2. The number of ether oxygens (including phenoxy) is 2. The van der Waals surface area contributed by atoms with Crippen LogP contribution in [0.3, 0.4) is 0 Å². The van der Waals surface area contributed by atoms with Crippen LogP contribution in [0, 0.1) is 11.7 Å². The second-order valence-electron chi connectivity index (χ2n) is 5.13. The molecule has 0 saturated carbocycles. The topological polar surface area (TPSA) is 35.5 Å². The van der Waals surface area contributed by atoms with Crippen LogP contribution in [0.4, 0.5) is 4.39 Å². The molecule has 1 aromatic rings. The molecule has 0 amide bonds. The Morgan fingerprint density at radius 3 is 3.06 bits per heavy atom. The molecule has 0 N–H and O–H groups in total. The first kappa shape index (κ1) is 11.7. The maximum Gasteiger partial charge on any atom is 0.170 e. The van der Waals surface area contributed by atoms with Crippen molar-refractivity contribution >= 4 is 5.78 Å². The highest BCUT2D eigenvalue weighted by Crippen LogP contribution is 2.41. The number of hydrogen-bond donors (Lipinski definition) is 0. The minimum atomic E-state index is -0.518. The smallest absolute Gasteiger partial charge is 0.170 e. The van der Waals surface area contributed by atoms with Gasteiger partial charge in [-0.05, 0) is 12.1 Å². The van der Waals surface area contributed by atoms with Crippen molar-refractivity contribution in [1.29, 1.82) is 0 Å². The van der Waals surface area contributed by atoms with E-state index in [9.17, 15) is 9.18 Å². The van der Waals surface area contributed by atoms with Gasteiger partial charge in [-0.3, -0.25) is 4.79 Å². The van der Waals surface area contributed by atoms with Gasteiger partial charge in [0, 0.05) is 18.4 Å². The van der Waals surface area contributed by atoms with Crippen molar-refractivity contribution in [3.8, 4) is 5.75 Å². The lowest BCUT2D eigenvalue weighted by Gasteiger charge is -2.44. The van der Waals surface area contributed by atoms with E-state index in [1.165, 1.54) is 18.2 Å². The highest BCUT2D eigenvalue weighted by molar-refractivity contribution is 6.00. The average molecular weight is 250 g/mol. The fourth-order valence-corrected chi connectivity index (χ4v) is 2.75. The number of fused-ring (bicyclic) bond motifs is 1. The minimum Gasteiger partial charge on any atom is -0.485 e. The number of carbonyl (C=O) groups is 1. The van der Waals surface area contributed by atoms with Crippen molar-refractivity contribution in [3.63, 3.8) is 0 Å². The van der Waals surface area contributed by atoms with Crippen molar-refractivity contribution in [1.82, 2.24) is 0 Å². The lowest BCUT2D eigenvalue weighted by atomic mass is 9.77. The summed E-state index contributed by atoms with van der Waals surface area (Å²) in [6, 6.07) is 4.10. The molecule has 0 radical (unpaired) electrons. The molecule has 1 fully saturated rings. The van der Waals surface area contributed by atoms with E-state index < -0.39 is 5.60 Å². The third-order valence-corrected chi connectivity index (χ3v) is 3.95. The summed E-state index contributed by atoms with van der Waals surface area (Å²) in [6.45, 7) is 3.18. The summed E-state index contributed by atoms with van der Waals surface area (Å²) in [5.41, 5.74) is -0.0310. The Hall–Kier alpha value is -1.42. The molecule has 0 bridgehead atoms. The Bertz CT molecular complexity index is 500. The number of rotatable bonds is 0. The molecule has 1 spiro atoms. The van der Waals surface area contributed by atoms with Crippen molar-refractivity contribution in [2.24, 2.45) is 5.92 Å². The number of benzene rings is 1. The van der Waals surface area contributed by atoms with Crippen LogP contribution in [0.1, 0.15) is 30.1 Å². The van der Waals surface area contributed by atoms with Gasteiger partial charge >= 0.3 is 0 Å². The molecule has 2 atom stereocenters. The van der Waals surface area contributed by atoms with E-state index in [1.54, 1.807) is 0 Å². The predicted molar refractivity (Wildman–Crippen MR) is 63.3 cm³/mol. The molecule has 1 saturated heterocycles. The Kier molecular flexibility index (Phi) is 2.63. The first-order valence-corrected chi connectivity index (χ1v) is 6.20. The fourth-order valence-electron chi connectivity index (χ4n) is 2.75. The summed E-state index contributed by atoms with van der Waals surface area (Å²) < 4.78 is 24.6. The molecule has 1 aromatic carbocycles. The van der Waals surface area contributed by atoms with Crippen LogP contribution >= 0.6 is 0 Å². The highest BCUT2D eigenvalue weighted by Gasteiger charge is 2.46. The van der Waals surface area contributed by atoms with Crippen molar-refractivity contribution in [3.05, 3.63) is 29.6 Å². The van der Waals surface area contributed by atoms with Gasteiger partial charge in [0.05, 0.1) is 25.2 Å². The fraction of sp³-hybridized carbons (Fsp3) is 0.500. The Morgan fingerprint density at radius 2 is 2.28 bits per heavy atom. The number of halogens is 1. The standard InChI is InChI=1S/C14H15FO3/c1-9-8-17-5-4-14(9)7-12(16)11-3-2-10(15)6-13(11)18-14/h2-3,6,9H,4-5,7-8H2,1H3. The van der Waals surface area contributed by atoms with Gasteiger partial charge in [-0.25, -0.2) is 4.39 Å². The van der Waals surface area contributed by atoms with Gasteiger partial charge in [-0.15, -0.1) is 0 Å². The number of carbonyl (C=O) groups excluding carboxylic acids is 1. The zero-order chi connectivity index (χ0) is 12.8. The van der Waals surface area contributed by atoms with Gasteiger partial charge in [0.25, 0.3) is 0 Å². The predicted octanol–water partition coefficient (Wildman–Crippen LogP) is 2.59. The summed E-state index contributed by atoms with van der Waals surface area (Å²) in [7, 11) is 0. The van der Waals surface area contributed by atoms with Crippen LogP contribution in [-0.4, -0.2) is 24.6 Å². The molecule has 3 rings (SSSR count). The van der Waals surface area contributed by atoms with Gasteiger partial charge in [0.1, 0.15) is 17.2 Å². The molecule has 0 aliphatic carbocycles. The monoisotopic (exact) mass is 250 g/mol. The van der Waals surface area contributed by atoms with Crippen LogP contribution in [0.15, 0.2) is 18.2 Å². The molecule has 4 heteroatoms. The zero-order valence-corrected chi connectivity index (χ0v) is 10.2. The van der Waals surface area contributed by atoms with Gasteiger partial charge in [-0.2, -0.15) is 0 Å². The molecule has 2 aliphatic heterocycles. The first-order chi connectivity index (χ1) is 8.61. The van der Waals surface area contributed by atoms with Crippen molar-refractivity contribution in [2.75, 3.05) is 13.2 Å². The Balaban J connectivity index is 2.01. The largest absolute Gasteiger partial charge is 0.485 e. The zero-order valence-electron chi connectivity index (χ0n) is 10.2. The molecule has 3 nitrogen and oxygen atoms in total. The summed E-state index contributed by atoms with van der Waals surface area (Å²) in [5, 5.41) is 0. The lowest BCUT2D eigenvalue weighted by Crippen LogP contribution is -2.52. The van der Waals surface area contributed by atoms with Crippen LogP contribution < -0.4 is 4.74 Å². The van der Waals surface area contributed by atoms with Crippen molar-refractivity contribution in [2.45, 2.75) is 25.4 Å². The van der Waals surface area contributed by atoms with Crippen LogP contribution in [0.2, 0.25) is 0 Å². The molecule has 2 unspecified atom stereocenters. The molecular formula is C14H15FO3. The summed E-state index contributed by atoms with van der Waals surface area (Å²) in [4.78, 5) is 12.2. The Labute approximate surface area is 105 Å². The summed E-state index contributed by atoms with van der Waals surface area (Å²) in [5.74, 6) is 0.162. The third kappa shape index (κ3) is 1.72. The quantitative estimate of drug-likeness (QED) is 0.710. The highest BCUT2D eigenvalue weighted by atomic mass is 19.1. The normalized spacial score (nSPS) is 31.0. The second-order valence-corrected chi connectivity index (χ2v) is 5.13. The van der Waals surface area contributed by atoms with E-state index in [0.717, 1.165) is 0 Å². The van der Waals surface area contributed by atoms with Gasteiger partial charge in [0.15, 0.2) is 5.78 Å². The molecule has 96 valence electrons. The minimum absolute atomic E-state index is 0.0324. The van der Waals surface area contributed by atoms with Gasteiger partial charge in [-0.1, -0.05) is 6.92 Å². The lowest BCUT2D eigenvalue weighted by molar-refractivity contribution is -0.0917. The van der Waals surface area contributed by atoms with Gasteiger partial charge in [0.2, 0.25) is 0 Å². The molecular weight excluding hydrogens is 235 g/mol.